The molecule has 0 radical (unpaired) electrons. The molecule has 2 heterocycles. The van der Waals surface area contributed by atoms with Crippen LogP contribution in [-0.2, 0) is 19.8 Å². The molecule has 1 N–H and O–H groups in total. The fraction of sp³-hybridized carbons (Fsp3) is 0.462. The second-order valence-corrected chi connectivity index (χ2v) is 5.30. The van der Waals surface area contributed by atoms with Crippen LogP contribution in [0.4, 0.5) is 18.9 Å². The molecule has 0 saturated carbocycles. The van der Waals surface area contributed by atoms with Crippen molar-refractivity contribution < 1.29 is 22.9 Å². The predicted molar refractivity (Wildman–Crippen MR) is 78.8 cm³/mol. The van der Waals surface area contributed by atoms with Gasteiger partial charge in [0.15, 0.2) is 5.69 Å². The van der Waals surface area contributed by atoms with Gasteiger partial charge in [0.1, 0.15) is 6.20 Å². The fourth-order valence-electron chi connectivity index (χ4n) is 2.16. The van der Waals surface area contributed by atoms with Crippen LogP contribution in [0.3, 0.4) is 0 Å². The fourth-order valence-corrected chi connectivity index (χ4v) is 2.16. The highest BCUT2D eigenvalue weighted by Crippen LogP contribution is 2.28. The lowest BCUT2D eigenvalue weighted by Crippen LogP contribution is -2.26. The number of carbonyl (C=O) groups is 1. The van der Waals surface area contributed by atoms with Crippen LogP contribution in [0, 0.1) is 17.0 Å². The summed E-state index contributed by atoms with van der Waals surface area (Å²) in [5, 5.41) is 20.5. The van der Waals surface area contributed by atoms with Crippen molar-refractivity contribution in [3.63, 3.8) is 0 Å². The molecular weight excluding hydrogens is 345 g/mol. The standard InChI is InChI=1S/C13H15F3N6O3/c1-8-6-10(13(14,15)16)18-21(8)5-3-4-17-12(23)11-9(22(24)25)7-20(2)19-11/h6-7H,3-5H2,1-2H3,(H,17,23). The van der Waals surface area contributed by atoms with Crippen molar-refractivity contribution >= 4 is 11.6 Å². The first-order valence-electron chi connectivity index (χ1n) is 7.17. The minimum absolute atomic E-state index is 0.104. The van der Waals surface area contributed by atoms with Crippen LogP contribution in [0.25, 0.3) is 0 Å². The first-order chi connectivity index (χ1) is 11.6. The Balaban J connectivity index is 1.91. The van der Waals surface area contributed by atoms with Crippen LogP contribution in [0.1, 0.15) is 28.3 Å². The molecule has 0 aromatic carbocycles. The van der Waals surface area contributed by atoms with Crippen LogP contribution in [-0.4, -0.2) is 36.9 Å². The summed E-state index contributed by atoms with van der Waals surface area (Å²) in [5.74, 6) is -0.722. The maximum absolute atomic E-state index is 12.6. The van der Waals surface area contributed by atoms with Gasteiger partial charge in [0.05, 0.1) is 4.92 Å². The highest BCUT2D eigenvalue weighted by Gasteiger charge is 2.34. The van der Waals surface area contributed by atoms with E-state index in [9.17, 15) is 28.1 Å². The SMILES string of the molecule is Cc1cc(C(F)(F)F)nn1CCCNC(=O)c1nn(C)cc1[N+](=O)[O-]. The largest absolute Gasteiger partial charge is 0.435 e. The van der Waals surface area contributed by atoms with Gasteiger partial charge in [0.2, 0.25) is 5.69 Å². The molecule has 2 rings (SSSR count). The van der Waals surface area contributed by atoms with Crippen molar-refractivity contribution in [2.24, 2.45) is 7.05 Å². The number of carbonyl (C=O) groups excluding carboxylic acids is 1. The average Bonchev–Trinajstić information content (AvgIpc) is 3.06. The number of nitrogens with one attached hydrogen (secondary N) is 1. The quantitative estimate of drug-likeness (QED) is 0.479. The minimum Gasteiger partial charge on any atom is -0.350 e. The number of amides is 1. The Morgan fingerprint density at radius 1 is 1.40 bits per heavy atom. The Bertz CT molecular complexity index is 796. The number of aromatic nitrogens is 4. The van der Waals surface area contributed by atoms with Gasteiger partial charge in [-0.15, -0.1) is 0 Å². The molecule has 136 valence electrons. The number of hydrogen-bond donors (Lipinski definition) is 1. The van der Waals surface area contributed by atoms with Crippen LogP contribution in [0.5, 0.6) is 0 Å². The Kier molecular flexibility index (Phi) is 5.09. The second-order valence-electron chi connectivity index (χ2n) is 5.30. The molecule has 0 aliphatic carbocycles. The van der Waals surface area contributed by atoms with E-state index in [0.717, 1.165) is 16.9 Å². The van der Waals surface area contributed by atoms with Crippen molar-refractivity contribution in [2.45, 2.75) is 26.1 Å². The van der Waals surface area contributed by atoms with E-state index in [0.29, 0.717) is 12.1 Å². The summed E-state index contributed by atoms with van der Waals surface area (Å²) in [6.45, 7) is 1.76. The summed E-state index contributed by atoms with van der Waals surface area (Å²) in [4.78, 5) is 22.1. The molecule has 25 heavy (non-hydrogen) atoms. The maximum atomic E-state index is 12.6. The van der Waals surface area contributed by atoms with Crippen LogP contribution >= 0.6 is 0 Å². The third kappa shape index (κ3) is 4.33. The van der Waals surface area contributed by atoms with Gasteiger partial charge < -0.3 is 5.32 Å². The van der Waals surface area contributed by atoms with E-state index in [1.165, 1.54) is 18.7 Å². The normalized spacial score (nSPS) is 11.6. The molecule has 0 bridgehead atoms. The first-order valence-corrected chi connectivity index (χ1v) is 7.17. The van der Waals surface area contributed by atoms with E-state index in [1.807, 2.05) is 0 Å². The van der Waals surface area contributed by atoms with Crippen molar-refractivity contribution in [3.8, 4) is 0 Å². The highest BCUT2D eigenvalue weighted by molar-refractivity contribution is 5.95. The van der Waals surface area contributed by atoms with Crippen molar-refractivity contribution in [1.82, 2.24) is 24.9 Å². The van der Waals surface area contributed by atoms with Gasteiger partial charge in [-0.2, -0.15) is 23.4 Å². The second kappa shape index (κ2) is 6.91. The third-order valence-corrected chi connectivity index (χ3v) is 3.33. The Hall–Kier alpha value is -2.92. The zero-order chi connectivity index (χ0) is 18.8. The summed E-state index contributed by atoms with van der Waals surface area (Å²) < 4.78 is 40.1. The molecule has 0 aliphatic rings. The van der Waals surface area contributed by atoms with Gasteiger partial charge in [0, 0.05) is 25.8 Å². The highest BCUT2D eigenvalue weighted by atomic mass is 19.4. The zero-order valence-corrected chi connectivity index (χ0v) is 13.4. The topological polar surface area (TPSA) is 108 Å². The maximum Gasteiger partial charge on any atom is 0.435 e. The number of aryl methyl sites for hydroxylation is 3. The Labute approximate surface area is 139 Å². The number of rotatable bonds is 6. The molecule has 9 nitrogen and oxygen atoms in total. The van der Waals surface area contributed by atoms with E-state index in [2.05, 4.69) is 15.5 Å². The monoisotopic (exact) mass is 360 g/mol. The van der Waals surface area contributed by atoms with Crippen molar-refractivity contribution in [2.75, 3.05) is 6.54 Å². The molecule has 1 amide bonds. The van der Waals surface area contributed by atoms with Gasteiger partial charge >= 0.3 is 11.9 Å². The van der Waals surface area contributed by atoms with E-state index in [4.69, 9.17) is 0 Å². The Morgan fingerprint density at radius 3 is 2.64 bits per heavy atom. The average molecular weight is 360 g/mol. The summed E-state index contributed by atoms with van der Waals surface area (Å²) in [7, 11) is 1.45. The third-order valence-electron chi connectivity index (χ3n) is 3.33. The summed E-state index contributed by atoms with van der Waals surface area (Å²) in [6, 6.07) is 0.940. The molecule has 0 atom stereocenters. The molecule has 0 saturated heterocycles. The predicted octanol–water partition coefficient (Wildman–Crippen LogP) is 1.67. The van der Waals surface area contributed by atoms with Gasteiger partial charge in [-0.25, -0.2) is 0 Å². The lowest BCUT2D eigenvalue weighted by atomic mass is 10.3. The summed E-state index contributed by atoms with van der Waals surface area (Å²) in [5.41, 5.74) is -1.36. The molecule has 0 unspecified atom stereocenters. The van der Waals surface area contributed by atoms with Gasteiger partial charge in [-0.1, -0.05) is 0 Å². The molecule has 0 fully saturated rings. The number of hydrogen-bond acceptors (Lipinski definition) is 5. The van der Waals surface area contributed by atoms with Crippen LogP contribution < -0.4 is 5.32 Å². The number of nitrogens with zero attached hydrogens (tertiary/aromatic N) is 5. The van der Waals surface area contributed by atoms with Gasteiger partial charge in [0.25, 0.3) is 5.91 Å². The summed E-state index contributed by atoms with van der Waals surface area (Å²) in [6.07, 6.45) is -3.10. The molecule has 0 spiro atoms. The molecule has 0 aliphatic heterocycles. The molecule has 2 aromatic rings. The zero-order valence-electron chi connectivity index (χ0n) is 13.4. The van der Waals surface area contributed by atoms with Crippen LogP contribution in [0.15, 0.2) is 12.3 Å². The van der Waals surface area contributed by atoms with Crippen molar-refractivity contribution in [1.29, 1.82) is 0 Å². The summed E-state index contributed by atoms with van der Waals surface area (Å²) >= 11 is 0. The molecule has 2 aromatic heterocycles. The number of halogens is 3. The van der Waals surface area contributed by atoms with E-state index >= 15 is 0 Å². The molecular formula is C13H15F3N6O3. The smallest absolute Gasteiger partial charge is 0.350 e. The minimum atomic E-state index is -4.51. The van der Waals surface area contributed by atoms with E-state index in [1.54, 1.807) is 0 Å². The van der Waals surface area contributed by atoms with Gasteiger partial charge in [-0.05, 0) is 19.4 Å². The first kappa shape index (κ1) is 18.4. The van der Waals surface area contributed by atoms with Crippen LogP contribution in [0.2, 0.25) is 0 Å². The Morgan fingerprint density at radius 2 is 2.08 bits per heavy atom. The number of nitro groups is 1. The van der Waals surface area contributed by atoms with Gasteiger partial charge in [-0.3, -0.25) is 24.3 Å². The lowest BCUT2D eigenvalue weighted by Gasteiger charge is -2.06. The van der Waals surface area contributed by atoms with E-state index < -0.39 is 28.4 Å². The van der Waals surface area contributed by atoms with E-state index in [-0.39, 0.29) is 18.8 Å². The van der Waals surface area contributed by atoms with Crippen molar-refractivity contribution in [3.05, 3.63) is 39.5 Å². The molecule has 12 heteroatoms. The lowest BCUT2D eigenvalue weighted by molar-refractivity contribution is -0.385. The number of alkyl halides is 3.